The van der Waals surface area contributed by atoms with Crippen LogP contribution in [0.25, 0.3) is 33.7 Å². The van der Waals surface area contributed by atoms with E-state index < -0.39 is 16.6 Å². The summed E-state index contributed by atoms with van der Waals surface area (Å²) in [5.41, 5.74) is 10.1. The Morgan fingerprint density at radius 3 is 1.44 bits per heavy atom. The number of hydrogen-bond donors (Lipinski definition) is 0. The Labute approximate surface area is 250 Å². The van der Waals surface area contributed by atoms with Crippen LogP contribution in [0.15, 0.2) is 83.9 Å². The second-order valence-electron chi connectivity index (χ2n) is 11.8. The molecule has 0 nitrogen and oxygen atoms in total. The number of allylic oxidation sites excluding steroid dienone is 2. The minimum atomic E-state index is -2.31. The minimum Gasteiger partial charge on any atom is -1.00 e. The summed E-state index contributed by atoms with van der Waals surface area (Å²) in [4.78, 5) is 0. The molecule has 1 aliphatic heterocycles. The predicted molar refractivity (Wildman–Crippen MR) is 158 cm³/mol. The van der Waals surface area contributed by atoms with Gasteiger partial charge >= 0.3 is 227 Å². The summed E-state index contributed by atoms with van der Waals surface area (Å²) >= 11 is -2.31. The maximum absolute atomic E-state index is 2.66. The van der Waals surface area contributed by atoms with E-state index in [1.165, 1.54) is 69.5 Å². The molecule has 0 bridgehead atoms. The molecule has 2 aliphatic carbocycles. The summed E-state index contributed by atoms with van der Waals surface area (Å²) in [6.45, 7) is 4.70. The van der Waals surface area contributed by atoms with Gasteiger partial charge in [-0.15, -0.1) is 0 Å². The van der Waals surface area contributed by atoms with Crippen LogP contribution in [-0.2, 0) is 16.6 Å². The van der Waals surface area contributed by atoms with E-state index in [9.17, 15) is 0 Å². The minimum absolute atomic E-state index is 0. The van der Waals surface area contributed by atoms with Gasteiger partial charge in [-0.05, 0) is 0 Å². The van der Waals surface area contributed by atoms with Gasteiger partial charge in [0.05, 0.1) is 0 Å². The van der Waals surface area contributed by atoms with E-state index >= 15 is 0 Å². The predicted octanol–water partition coefficient (Wildman–Crippen LogP) is 4.96. The third kappa shape index (κ3) is 4.66. The van der Waals surface area contributed by atoms with Crippen molar-refractivity contribution in [3.05, 3.63) is 106 Å². The van der Waals surface area contributed by atoms with Gasteiger partial charge in [-0.2, -0.15) is 0 Å². The Morgan fingerprint density at radius 1 is 0.590 bits per heavy atom. The van der Waals surface area contributed by atoms with Crippen LogP contribution in [0.1, 0.15) is 83.1 Å². The molecule has 0 radical (unpaired) electrons. The molecule has 0 amide bonds. The molecule has 2 unspecified atom stereocenters. The molecule has 3 aliphatic rings. The fourth-order valence-electron chi connectivity index (χ4n) is 7.83. The molecule has 4 aromatic carbocycles. The van der Waals surface area contributed by atoms with Crippen LogP contribution in [0.4, 0.5) is 0 Å². The van der Waals surface area contributed by atoms with Gasteiger partial charge < -0.3 is 24.8 Å². The molecule has 39 heavy (non-hydrogen) atoms. The van der Waals surface area contributed by atoms with E-state index in [0.29, 0.717) is 0 Å². The van der Waals surface area contributed by atoms with E-state index in [0.717, 1.165) is 8.45 Å². The summed E-state index contributed by atoms with van der Waals surface area (Å²) in [5.74, 6) is 0. The second kappa shape index (κ2) is 11.6. The zero-order valence-electron chi connectivity index (χ0n) is 23.2. The monoisotopic (exact) mass is 588 g/mol. The van der Waals surface area contributed by atoms with E-state index in [2.05, 4.69) is 98.8 Å². The van der Waals surface area contributed by atoms with Crippen molar-refractivity contribution >= 4 is 33.7 Å². The molecule has 2 atom stereocenters. The first-order chi connectivity index (χ1) is 18.2. The molecule has 7 rings (SSSR count). The molecule has 3 heteroatoms. The van der Waals surface area contributed by atoms with Gasteiger partial charge in [0.2, 0.25) is 0 Å². The van der Waals surface area contributed by atoms with Crippen LogP contribution in [0.5, 0.6) is 0 Å². The van der Waals surface area contributed by atoms with E-state index in [4.69, 9.17) is 0 Å². The zero-order valence-corrected chi connectivity index (χ0v) is 26.2. The maximum atomic E-state index is 2.66. The van der Waals surface area contributed by atoms with Gasteiger partial charge in [-0.1, -0.05) is 0 Å². The van der Waals surface area contributed by atoms with Crippen molar-refractivity contribution in [2.75, 3.05) is 0 Å². The van der Waals surface area contributed by atoms with E-state index in [1.807, 2.05) is 0 Å². The molecule has 0 saturated carbocycles. The van der Waals surface area contributed by atoms with Gasteiger partial charge in [0, 0.05) is 0 Å². The molecule has 0 aromatic heterocycles. The number of rotatable bonds is 8. The van der Waals surface area contributed by atoms with Crippen LogP contribution in [0, 0.1) is 0 Å². The molecule has 0 N–H and O–H groups in total. The Bertz CT molecular complexity index is 1460. The number of unbranched alkanes of at least 4 members (excludes halogenated alkanes) is 2. The fourth-order valence-corrected chi connectivity index (χ4v) is 18.2. The van der Waals surface area contributed by atoms with E-state index in [-0.39, 0.29) is 24.8 Å². The number of benzene rings is 4. The Morgan fingerprint density at radius 2 is 1.03 bits per heavy atom. The third-order valence-electron chi connectivity index (χ3n) is 9.65. The molecule has 4 aromatic rings. The maximum Gasteiger partial charge on any atom is -1.00 e. The molecule has 1 fully saturated rings. The van der Waals surface area contributed by atoms with Crippen molar-refractivity contribution in [3.8, 4) is 0 Å². The summed E-state index contributed by atoms with van der Waals surface area (Å²) in [7, 11) is 0. The molecular formula is C36H38Cl2Ti. The van der Waals surface area contributed by atoms with Gasteiger partial charge in [0.1, 0.15) is 0 Å². The van der Waals surface area contributed by atoms with Crippen molar-refractivity contribution < 1.29 is 41.4 Å². The fraction of sp³-hybridized carbons (Fsp3) is 0.333. The van der Waals surface area contributed by atoms with Gasteiger partial charge in [0.15, 0.2) is 0 Å². The normalized spacial score (nSPS) is 19.2. The molecule has 0 spiro atoms. The molecule has 1 heterocycles. The largest absolute Gasteiger partial charge is 1.00 e. The SMILES string of the molecule is CCCCC1=Cc2c(ccc3ccccc23)[CH]1[Ti+2]1([CH]2C(CCCC)=Cc3c2ccc2ccccc32)[CH2][CH2]1.[Cl-].[Cl-]. The van der Waals surface area contributed by atoms with Crippen molar-refractivity contribution in [1.82, 2.24) is 0 Å². The first kappa shape index (κ1) is 28.7. The number of fused-ring (bicyclic) bond motifs is 6. The Kier molecular flexibility index (Phi) is 8.52. The van der Waals surface area contributed by atoms with Gasteiger partial charge in [-0.25, -0.2) is 0 Å². The first-order valence-corrected chi connectivity index (χ1v) is 18.7. The Hall–Kier alpha value is -1.83. The summed E-state index contributed by atoms with van der Waals surface area (Å²) in [5, 5.41) is 5.72. The van der Waals surface area contributed by atoms with Gasteiger partial charge in [0.25, 0.3) is 0 Å². The van der Waals surface area contributed by atoms with Crippen molar-refractivity contribution in [1.29, 1.82) is 0 Å². The second-order valence-corrected chi connectivity index (χ2v) is 19.0. The molecular weight excluding hydrogens is 551 g/mol. The smallest absolute Gasteiger partial charge is 1.00 e. The summed E-state index contributed by atoms with van der Waals surface area (Å²) in [6.07, 6.45) is 13.1. The Balaban J connectivity index is 0.00000154. The number of halogens is 2. The van der Waals surface area contributed by atoms with Crippen LogP contribution in [-0.4, -0.2) is 0 Å². The average molecular weight is 589 g/mol. The molecule has 1 saturated heterocycles. The summed E-state index contributed by atoms with van der Waals surface area (Å²) in [6, 6.07) is 28.1. The van der Waals surface area contributed by atoms with Crippen molar-refractivity contribution in [2.24, 2.45) is 0 Å². The van der Waals surface area contributed by atoms with E-state index in [1.54, 1.807) is 33.4 Å². The first-order valence-electron chi connectivity index (χ1n) is 14.7. The topological polar surface area (TPSA) is 0 Å². The van der Waals surface area contributed by atoms with Crippen molar-refractivity contribution in [3.63, 3.8) is 0 Å². The van der Waals surface area contributed by atoms with Crippen LogP contribution >= 0.6 is 0 Å². The van der Waals surface area contributed by atoms with Crippen LogP contribution in [0.3, 0.4) is 0 Å². The van der Waals surface area contributed by atoms with Crippen molar-refractivity contribution in [2.45, 2.75) is 70.3 Å². The summed E-state index contributed by atoms with van der Waals surface area (Å²) < 4.78 is 4.53. The molecule has 200 valence electrons. The average Bonchev–Trinajstić information content (AvgIpc) is 3.48. The van der Waals surface area contributed by atoms with Crippen LogP contribution < -0.4 is 24.8 Å². The quantitative estimate of drug-likeness (QED) is 0.255. The van der Waals surface area contributed by atoms with Gasteiger partial charge in [-0.3, -0.25) is 0 Å². The third-order valence-corrected chi connectivity index (χ3v) is 18.0. The number of hydrogen-bond acceptors (Lipinski definition) is 0. The standard InChI is InChI=1S/2C17H17.C2H4.2ClH.Ti/c2*1-2-3-6-13-11-15-10-9-14-7-4-5-8-16(14)17(15)12-13;1-2;;;/h2*4-5,7-12H,2-3,6H2,1H3;1-2H2;2*1H;/q;;;;;+2/p-2. The zero-order chi connectivity index (χ0) is 25.0. The van der Waals surface area contributed by atoms with Crippen LogP contribution in [0.2, 0.25) is 9.45 Å².